The number of halogens is 1. The molecule has 0 aliphatic carbocycles. The second-order valence-electron chi connectivity index (χ2n) is 6.37. The van der Waals surface area contributed by atoms with E-state index in [1.165, 1.54) is 35.4 Å². The van der Waals surface area contributed by atoms with E-state index in [-0.39, 0.29) is 23.9 Å². The van der Waals surface area contributed by atoms with Crippen LogP contribution < -0.4 is 15.0 Å². The van der Waals surface area contributed by atoms with Gasteiger partial charge in [0.15, 0.2) is 5.82 Å². The van der Waals surface area contributed by atoms with Crippen molar-refractivity contribution in [2.45, 2.75) is 25.9 Å². The number of pyridine rings is 1. The van der Waals surface area contributed by atoms with Gasteiger partial charge in [-0.2, -0.15) is 0 Å². The van der Waals surface area contributed by atoms with Crippen LogP contribution in [-0.2, 0) is 0 Å². The van der Waals surface area contributed by atoms with E-state index >= 15 is 0 Å². The Hall–Kier alpha value is -2.83. The molecule has 7 heteroatoms. The van der Waals surface area contributed by atoms with E-state index in [2.05, 4.69) is 10.3 Å². The third-order valence-corrected chi connectivity index (χ3v) is 4.56. The lowest BCUT2D eigenvalue weighted by atomic mass is 10.1. The van der Waals surface area contributed by atoms with E-state index < -0.39 is 31.8 Å². The first-order valence-electron chi connectivity index (χ1n) is 11.6. The Morgan fingerprint density at radius 1 is 1.44 bits per heavy atom. The van der Waals surface area contributed by atoms with Gasteiger partial charge in [-0.3, -0.25) is 4.98 Å². The molecule has 1 N–H and O–H groups in total. The SMILES string of the molecule is [2H]C([2H])([2H])Oc1cccc([C@H](NC(=O)N2CCN(c3ccncc3F)C[C@H]2C)C([2H])([2H])[2H])c1. The normalized spacial score (nSPS) is 22.4. The molecule has 1 aromatic heterocycles. The first kappa shape index (κ1) is 12.5. The number of nitrogens with one attached hydrogen (secondary N) is 1. The van der Waals surface area contributed by atoms with E-state index in [9.17, 15) is 9.18 Å². The number of amides is 2. The van der Waals surface area contributed by atoms with E-state index in [1.54, 1.807) is 13.0 Å². The molecule has 2 heterocycles. The highest BCUT2D eigenvalue weighted by Crippen LogP contribution is 2.23. The van der Waals surface area contributed by atoms with E-state index in [1.807, 2.05) is 4.90 Å². The zero-order valence-corrected chi connectivity index (χ0v) is 14.9. The van der Waals surface area contributed by atoms with Crippen LogP contribution in [-0.4, -0.2) is 48.6 Å². The molecular weight excluding hydrogens is 347 g/mol. The summed E-state index contributed by atoms with van der Waals surface area (Å²) in [6.45, 7) is 0.165. The average Bonchev–Trinajstić information content (AvgIpc) is 2.70. The Morgan fingerprint density at radius 2 is 2.33 bits per heavy atom. The van der Waals surface area contributed by atoms with Gasteiger partial charge in [0.2, 0.25) is 0 Å². The molecule has 1 fully saturated rings. The topological polar surface area (TPSA) is 57.7 Å². The van der Waals surface area contributed by atoms with Crippen LogP contribution in [0.4, 0.5) is 14.9 Å². The van der Waals surface area contributed by atoms with Crippen LogP contribution in [0.3, 0.4) is 0 Å². The second kappa shape index (κ2) is 8.24. The van der Waals surface area contributed by atoms with Gasteiger partial charge in [-0.05, 0) is 37.5 Å². The third kappa shape index (κ3) is 4.30. The smallest absolute Gasteiger partial charge is 0.318 e. The largest absolute Gasteiger partial charge is 0.497 e. The summed E-state index contributed by atoms with van der Waals surface area (Å²) in [7, 11) is -2.69. The Kier molecular flexibility index (Phi) is 3.83. The van der Waals surface area contributed by atoms with Crippen molar-refractivity contribution in [1.29, 1.82) is 0 Å². The Morgan fingerprint density at radius 3 is 3.07 bits per heavy atom. The number of rotatable bonds is 4. The minimum absolute atomic E-state index is 0.0302. The minimum atomic E-state index is -2.69. The van der Waals surface area contributed by atoms with Gasteiger partial charge < -0.3 is 19.9 Å². The predicted molar refractivity (Wildman–Crippen MR) is 103 cm³/mol. The van der Waals surface area contributed by atoms with Gasteiger partial charge in [0.25, 0.3) is 0 Å². The van der Waals surface area contributed by atoms with Gasteiger partial charge in [0, 0.05) is 36.0 Å². The number of hydrogen-bond acceptors (Lipinski definition) is 4. The molecule has 144 valence electrons. The molecule has 0 spiro atoms. The lowest BCUT2D eigenvalue weighted by Gasteiger charge is -2.41. The summed E-state index contributed by atoms with van der Waals surface area (Å²) < 4.78 is 64.3. The summed E-state index contributed by atoms with van der Waals surface area (Å²) in [6.07, 6.45) is 2.62. The van der Waals surface area contributed by atoms with Crippen molar-refractivity contribution in [3.8, 4) is 5.75 Å². The molecule has 0 radical (unpaired) electrons. The molecule has 0 bridgehead atoms. The standard InChI is InChI=1S/C20H25FN4O2/c1-14-13-24(19-7-8-22-12-18(19)21)9-10-25(14)20(26)23-15(2)16-5-4-6-17(11-16)27-3/h4-8,11-12,14-15H,9-10,13H2,1-3H3,(H,23,26)/t14-,15-/m1/s1/i2D3,3D3. The summed E-state index contributed by atoms with van der Waals surface area (Å²) in [5.41, 5.74) is 0.582. The number of piperazine rings is 1. The summed E-state index contributed by atoms with van der Waals surface area (Å²) >= 11 is 0. The van der Waals surface area contributed by atoms with Gasteiger partial charge >= 0.3 is 6.03 Å². The fourth-order valence-electron chi connectivity index (χ4n) is 3.15. The van der Waals surface area contributed by atoms with Crippen molar-refractivity contribution in [2.75, 3.05) is 31.6 Å². The highest BCUT2D eigenvalue weighted by atomic mass is 19.1. The summed E-state index contributed by atoms with van der Waals surface area (Å²) in [6, 6.07) is 4.91. The number of anilines is 1. The van der Waals surface area contributed by atoms with Crippen molar-refractivity contribution < 1.29 is 22.1 Å². The fraction of sp³-hybridized carbons (Fsp3) is 0.400. The fourth-order valence-corrected chi connectivity index (χ4v) is 3.15. The van der Waals surface area contributed by atoms with Gasteiger partial charge in [0.1, 0.15) is 5.75 Å². The van der Waals surface area contributed by atoms with Crippen LogP contribution in [0.2, 0.25) is 0 Å². The molecule has 3 rings (SSSR count). The van der Waals surface area contributed by atoms with Crippen LogP contribution in [0.15, 0.2) is 42.7 Å². The second-order valence-corrected chi connectivity index (χ2v) is 6.37. The number of hydrogen-bond donors (Lipinski definition) is 1. The highest BCUT2D eigenvalue weighted by Gasteiger charge is 2.29. The molecule has 2 atom stereocenters. The molecule has 2 amide bonds. The zero-order valence-electron chi connectivity index (χ0n) is 20.9. The molecule has 2 aromatic rings. The van der Waals surface area contributed by atoms with Crippen LogP contribution in [0, 0.1) is 5.82 Å². The van der Waals surface area contributed by atoms with Crippen molar-refractivity contribution in [1.82, 2.24) is 15.2 Å². The van der Waals surface area contributed by atoms with Gasteiger partial charge in [0.05, 0.1) is 29.1 Å². The average molecular weight is 378 g/mol. The molecule has 1 aliphatic rings. The van der Waals surface area contributed by atoms with Crippen molar-refractivity contribution in [3.05, 3.63) is 54.1 Å². The van der Waals surface area contributed by atoms with Crippen molar-refractivity contribution >= 4 is 11.7 Å². The molecule has 1 aromatic carbocycles. The van der Waals surface area contributed by atoms with E-state index in [0.29, 0.717) is 18.8 Å². The van der Waals surface area contributed by atoms with Crippen LogP contribution >= 0.6 is 0 Å². The minimum Gasteiger partial charge on any atom is -0.497 e. The number of aromatic nitrogens is 1. The van der Waals surface area contributed by atoms with Crippen LogP contribution in [0.5, 0.6) is 5.75 Å². The van der Waals surface area contributed by atoms with Crippen molar-refractivity contribution in [3.63, 3.8) is 0 Å². The zero-order chi connectivity index (χ0) is 24.4. The predicted octanol–water partition coefficient (Wildman–Crippen LogP) is 3.21. The van der Waals surface area contributed by atoms with Crippen LogP contribution in [0.25, 0.3) is 0 Å². The molecule has 0 saturated carbocycles. The number of methoxy groups -OCH3 is 1. The molecule has 6 nitrogen and oxygen atoms in total. The maximum Gasteiger partial charge on any atom is 0.318 e. The number of ether oxygens (including phenoxy) is 1. The molecule has 27 heavy (non-hydrogen) atoms. The summed E-state index contributed by atoms with van der Waals surface area (Å²) in [5, 5.41) is 2.56. The number of nitrogens with zero attached hydrogens (tertiary/aromatic N) is 3. The molecular formula is C20H25FN4O2. The molecule has 0 unspecified atom stereocenters. The Labute approximate surface area is 167 Å². The third-order valence-electron chi connectivity index (χ3n) is 4.56. The molecule has 1 saturated heterocycles. The van der Waals surface area contributed by atoms with E-state index in [4.69, 9.17) is 13.0 Å². The highest BCUT2D eigenvalue weighted by molar-refractivity contribution is 5.75. The van der Waals surface area contributed by atoms with Gasteiger partial charge in [-0.15, -0.1) is 0 Å². The summed E-state index contributed by atoms with van der Waals surface area (Å²) in [5.74, 6) is -0.485. The number of benzene rings is 1. The number of carbonyl (C=O) groups is 1. The van der Waals surface area contributed by atoms with Crippen LogP contribution in [0.1, 0.15) is 33.6 Å². The van der Waals surface area contributed by atoms with E-state index in [0.717, 1.165) is 6.20 Å². The monoisotopic (exact) mass is 378 g/mol. The quantitative estimate of drug-likeness (QED) is 0.888. The first-order chi connectivity index (χ1) is 15.3. The lowest BCUT2D eigenvalue weighted by Crippen LogP contribution is -2.57. The first-order valence-corrected chi connectivity index (χ1v) is 8.56. The van der Waals surface area contributed by atoms with Gasteiger partial charge in [-0.1, -0.05) is 12.1 Å². The van der Waals surface area contributed by atoms with Crippen molar-refractivity contribution in [2.24, 2.45) is 0 Å². The lowest BCUT2D eigenvalue weighted by molar-refractivity contribution is 0.168. The maximum absolute atomic E-state index is 14.1. The maximum atomic E-state index is 14.1. The Balaban J connectivity index is 1.74. The number of urea groups is 1. The Bertz CT molecular complexity index is 988. The number of carbonyl (C=O) groups excluding carboxylic acids is 1. The molecule has 1 aliphatic heterocycles. The summed E-state index contributed by atoms with van der Waals surface area (Å²) in [4.78, 5) is 20.1. The van der Waals surface area contributed by atoms with Gasteiger partial charge in [-0.25, -0.2) is 9.18 Å².